The molecule has 3 rings (SSSR count). The summed E-state index contributed by atoms with van der Waals surface area (Å²) in [5.74, 6) is 0.847. The maximum absolute atomic E-state index is 10.8. The number of hydrogen-bond acceptors (Lipinski definition) is 8. The SMILES string of the molecule is CCN(CCO)CCCOc1ccc2c(Nc3cc(CC(=O)O)[nH]n3)ncnc2c1. The molecule has 1 aromatic carbocycles. The number of carboxylic acids is 1. The zero-order chi connectivity index (χ0) is 21.3. The number of aliphatic carboxylic acids is 1. The zero-order valence-corrected chi connectivity index (χ0v) is 16.8. The third kappa shape index (κ3) is 5.88. The highest BCUT2D eigenvalue weighted by atomic mass is 16.5. The second kappa shape index (κ2) is 10.5. The predicted octanol–water partition coefficient (Wildman–Crippen LogP) is 1.81. The minimum Gasteiger partial charge on any atom is -0.493 e. The van der Waals surface area contributed by atoms with Crippen molar-refractivity contribution in [2.24, 2.45) is 0 Å². The second-order valence-corrected chi connectivity index (χ2v) is 6.74. The Balaban J connectivity index is 1.62. The number of fused-ring (bicyclic) bond motifs is 1. The van der Waals surface area contributed by atoms with E-state index in [1.165, 1.54) is 6.33 Å². The van der Waals surface area contributed by atoms with E-state index in [1.54, 1.807) is 6.07 Å². The lowest BCUT2D eigenvalue weighted by molar-refractivity contribution is -0.136. The van der Waals surface area contributed by atoms with Crippen LogP contribution in [0.25, 0.3) is 10.9 Å². The van der Waals surface area contributed by atoms with Crippen LogP contribution < -0.4 is 10.1 Å². The van der Waals surface area contributed by atoms with E-state index in [0.717, 1.165) is 36.2 Å². The van der Waals surface area contributed by atoms with Gasteiger partial charge in [0.2, 0.25) is 0 Å². The van der Waals surface area contributed by atoms with Crippen LogP contribution in [0.5, 0.6) is 5.75 Å². The summed E-state index contributed by atoms with van der Waals surface area (Å²) >= 11 is 0. The van der Waals surface area contributed by atoms with Gasteiger partial charge in [-0.25, -0.2) is 9.97 Å². The molecule has 0 unspecified atom stereocenters. The highest BCUT2D eigenvalue weighted by Gasteiger charge is 2.10. The van der Waals surface area contributed by atoms with Gasteiger partial charge in [0.15, 0.2) is 5.82 Å². The van der Waals surface area contributed by atoms with Gasteiger partial charge in [-0.05, 0) is 25.1 Å². The highest BCUT2D eigenvalue weighted by molar-refractivity contribution is 5.91. The summed E-state index contributed by atoms with van der Waals surface area (Å²) < 4.78 is 5.84. The Hall–Kier alpha value is -3.24. The summed E-state index contributed by atoms with van der Waals surface area (Å²) in [5.41, 5.74) is 1.22. The molecule has 2 aromatic heterocycles. The summed E-state index contributed by atoms with van der Waals surface area (Å²) in [4.78, 5) is 21.5. The van der Waals surface area contributed by atoms with Crippen LogP contribution in [0.1, 0.15) is 19.0 Å². The van der Waals surface area contributed by atoms with Crippen LogP contribution in [0.2, 0.25) is 0 Å². The third-order valence-electron chi connectivity index (χ3n) is 4.58. The van der Waals surface area contributed by atoms with Crippen molar-refractivity contribution in [3.63, 3.8) is 0 Å². The van der Waals surface area contributed by atoms with Crippen molar-refractivity contribution >= 4 is 28.5 Å². The Kier molecular flexibility index (Phi) is 7.52. The first-order chi connectivity index (χ1) is 14.6. The molecule has 0 aliphatic carbocycles. The molecule has 10 heteroatoms. The molecule has 0 saturated heterocycles. The fraction of sp³-hybridized carbons (Fsp3) is 0.400. The van der Waals surface area contributed by atoms with E-state index in [2.05, 4.69) is 37.3 Å². The fourth-order valence-electron chi connectivity index (χ4n) is 3.07. The summed E-state index contributed by atoms with van der Waals surface area (Å²) in [6, 6.07) is 7.23. The van der Waals surface area contributed by atoms with Crippen molar-refractivity contribution in [1.82, 2.24) is 25.1 Å². The number of nitrogens with zero attached hydrogens (tertiary/aromatic N) is 4. The number of ether oxygens (including phenoxy) is 1. The fourth-order valence-corrected chi connectivity index (χ4v) is 3.07. The second-order valence-electron chi connectivity index (χ2n) is 6.74. The lowest BCUT2D eigenvalue weighted by Gasteiger charge is -2.18. The molecule has 4 N–H and O–H groups in total. The van der Waals surface area contributed by atoms with Gasteiger partial charge in [0.25, 0.3) is 0 Å². The lowest BCUT2D eigenvalue weighted by Crippen LogP contribution is -2.28. The van der Waals surface area contributed by atoms with E-state index in [1.807, 2.05) is 18.2 Å². The quantitative estimate of drug-likeness (QED) is 0.327. The van der Waals surface area contributed by atoms with Crippen molar-refractivity contribution in [3.05, 3.63) is 36.3 Å². The van der Waals surface area contributed by atoms with E-state index < -0.39 is 5.97 Å². The average molecular weight is 414 g/mol. The number of rotatable bonds is 12. The normalized spacial score (nSPS) is 11.2. The Bertz CT molecular complexity index is 977. The largest absolute Gasteiger partial charge is 0.493 e. The van der Waals surface area contributed by atoms with Gasteiger partial charge in [0.05, 0.1) is 25.2 Å². The molecule has 0 saturated carbocycles. The van der Waals surface area contributed by atoms with Gasteiger partial charge >= 0.3 is 5.97 Å². The Labute approximate surface area is 173 Å². The number of carboxylic acid groups (broad SMARTS) is 1. The molecule has 0 aliphatic heterocycles. The molecule has 0 aliphatic rings. The molecule has 30 heavy (non-hydrogen) atoms. The topological polar surface area (TPSA) is 136 Å². The number of aliphatic hydroxyl groups excluding tert-OH is 1. The van der Waals surface area contributed by atoms with Crippen molar-refractivity contribution < 1.29 is 19.7 Å². The van der Waals surface area contributed by atoms with Crippen molar-refractivity contribution in [2.45, 2.75) is 19.8 Å². The molecule has 0 atom stereocenters. The molecule has 0 radical (unpaired) electrons. The number of benzene rings is 1. The van der Waals surface area contributed by atoms with Crippen LogP contribution >= 0.6 is 0 Å². The number of aromatic amines is 1. The highest BCUT2D eigenvalue weighted by Crippen LogP contribution is 2.26. The maximum atomic E-state index is 10.8. The number of hydrogen-bond donors (Lipinski definition) is 4. The van der Waals surface area contributed by atoms with E-state index in [4.69, 9.17) is 14.9 Å². The number of aromatic nitrogens is 4. The number of nitrogens with one attached hydrogen (secondary N) is 2. The summed E-state index contributed by atoms with van der Waals surface area (Å²) in [6.45, 7) is 5.25. The van der Waals surface area contributed by atoms with Crippen LogP contribution in [-0.4, -0.2) is 74.1 Å². The molecule has 0 amide bonds. The van der Waals surface area contributed by atoms with Gasteiger partial charge in [-0.1, -0.05) is 6.92 Å². The van der Waals surface area contributed by atoms with Crippen LogP contribution in [-0.2, 0) is 11.2 Å². The Morgan fingerprint density at radius 1 is 1.27 bits per heavy atom. The van der Waals surface area contributed by atoms with Crippen molar-refractivity contribution in [3.8, 4) is 5.75 Å². The lowest BCUT2D eigenvalue weighted by atomic mass is 10.2. The molecular formula is C20H26N6O4. The molecule has 2 heterocycles. The first kappa shape index (κ1) is 21.5. The number of H-pyrrole nitrogens is 1. The number of aliphatic hydroxyl groups is 1. The minimum absolute atomic E-state index is 0.129. The van der Waals surface area contributed by atoms with E-state index in [0.29, 0.717) is 30.5 Å². The van der Waals surface area contributed by atoms with Crippen LogP contribution in [0, 0.1) is 0 Å². The third-order valence-corrected chi connectivity index (χ3v) is 4.58. The van der Waals surface area contributed by atoms with Crippen LogP contribution in [0.15, 0.2) is 30.6 Å². The summed E-state index contributed by atoms with van der Waals surface area (Å²) in [6.07, 6.45) is 2.18. The molecule has 3 aromatic rings. The van der Waals surface area contributed by atoms with Gasteiger partial charge in [0, 0.05) is 36.3 Å². The molecule has 0 bridgehead atoms. The van der Waals surface area contributed by atoms with Gasteiger partial charge in [-0.15, -0.1) is 0 Å². The molecular weight excluding hydrogens is 388 g/mol. The van der Waals surface area contributed by atoms with Gasteiger partial charge < -0.3 is 25.2 Å². The summed E-state index contributed by atoms with van der Waals surface area (Å²) in [5, 5.41) is 28.5. The van der Waals surface area contributed by atoms with E-state index in [9.17, 15) is 4.79 Å². The molecule has 0 spiro atoms. The van der Waals surface area contributed by atoms with E-state index >= 15 is 0 Å². The zero-order valence-electron chi connectivity index (χ0n) is 16.8. The van der Waals surface area contributed by atoms with Gasteiger partial charge in [0.1, 0.15) is 17.9 Å². The average Bonchev–Trinajstić information content (AvgIpc) is 3.16. The smallest absolute Gasteiger partial charge is 0.309 e. The molecule has 0 fully saturated rings. The molecule has 10 nitrogen and oxygen atoms in total. The van der Waals surface area contributed by atoms with Crippen molar-refractivity contribution in [2.75, 3.05) is 38.2 Å². The standard InChI is InChI=1S/C20H26N6O4/c1-2-26(7-8-27)6-3-9-30-15-4-5-16-17(12-15)21-13-22-20(16)23-18-10-14(24-25-18)11-19(28)29/h4-5,10,12-13,27H,2-3,6-9,11H2,1H3,(H,28,29)(H2,21,22,23,24,25). The number of anilines is 2. The number of likely N-dealkylation sites (N-methyl/N-ethyl adjacent to an activating group) is 1. The van der Waals surface area contributed by atoms with Gasteiger partial charge in [-0.3, -0.25) is 9.89 Å². The predicted molar refractivity (Wildman–Crippen MR) is 112 cm³/mol. The maximum Gasteiger partial charge on any atom is 0.309 e. The van der Waals surface area contributed by atoms with Crippen LogP contribution in [0.4, 0.5) is 11.6 Å². The Morgan fingerprint density at radius 2 is 2.13 bits per heavy atom. The monoisotopic (exact) mass is 414 g/mol. The number of carbonyl (C=O) groups is 1. The molecule has 160 valence electrons. The minimum atomic E-state index is -0.930. The first-order valence-corrected chi connectivity index (χ1v) is 9.83. The Morgan fingerprint density at radius 3 is 2.90 bits per heavy atom. The summed E-state index contributed by atoms with van der Waals surface area (Å²) in [7, 11) is 0. The first-order valence-electron chi connectivity index (χ1n) is 9.83. The van der Waals surface area contributed by atoms with E-state index in [-0.39, 0.29) is 13.0 Å². The van der Waals surface area contributed by atoms with Crippen LogP contribution in [0.3, 0.4) is 0 Å². The van der Waals surface area contributed by atoms with Gasteiger partial charge in [-0.2, -0.15) is 5.10 Å². The van der Waals surface area contributed by atoms with Crippen molar-refractivity contribution in [1.29, 1.82) is 0 Å².